The molecule has 5 rings (SSSR count). The van der Waals surface area contributed by atoms with Crippen molar-refractivity contribution in [2.24, 2.45) is 0 Å². The third-order valence-electron chi connectivity index (χ3n) is 6.19. The Morgan fingerprint density at radius 2 is 1.66 bits per heavy atom. The molecule has 0 aliphatic carbocycles. The number of anilines is 2. The Morgan fingerprint density at radius 3 is 2.26 bits per heavy atom. The summed E-state index contributed by atoms with van der Waals surface area (Å²) in [6.07, 6.45) is 0. The van der Waals surface area contributed by atoms with E-state index < -0.39 is 5.92 Å². The Morgan fingerprint density at radius 1 is 1.00 bits per heavy atom. The van der Waals surface area contributed by atoms with Gasteiger partial charge in [0.1, 0.15) is 11.5 Å². The molecule has 176 valence electrons. The summed E-state index contributed by atoms with van der Waals surface area (Å²) in [6, 6.07) is 24.7. The summed E-state index contributed by atoms with van der Waals surface area (Å²) in [4.78, 5) is 28.0. The minimum atomic E-state index is -0.482. The van der Waals surface area contributed by atoms with E-state index in [2.05, 4.69) is 10.5 Å². The third kappa shape index (κ3) is 4.53. The van der Waals surface area contributed by atoms with E-state index in [1.807, 2.05) is 74.5 Å². The second kappa shape index (κ2) is 9.46. The molecule has 1 N–H and O–H groups in total. The summed E-state index contributed by atoms with van der Waals surface area (Å²) in [5.74, 6) is 0.429. The van der Waals surface area contributed by atoms with Crippen LogP contribution in [0.4, 0.5) is 11.4 Å². The van der Waals surface area contributed by atoms with Gasteiger partial charge in [0.2, 0.25) is 5.91 Å². The van der Waals surface area contributed by atoms with Crippen LogP contribution >= 0.6 is 0 Å². The maximum atomic E-state index is 13.5. The van der Waals surface area contributed by atoms with Gasteiger partial charge in [-0.3, -0.25) is 9.59 Å². The number of fused-ring (bicyclic) bond motifs is 1. The monoisotopic (exact) mass is 467 g/mol. The van der Waals surface area contributed by atoms with Crippen LogP contribution in [0, 0.1) is 13.8 Å². The number of nitrogens with zero attached hydrogens (tertiary/aromatic N) is 2. The fourth-order valence-corrected chi connectivity index (χ4v) is 4.34. The number of aryl methyl sites for hydroxylation is 2. The van der Waals surface area contributed by atoms with Gasteiger partial charge in [-0.1, -0.05) is 65.8 Å². The van der Waals surface area contributed by atoms with Crippen LogP contribution in [0.2, 0.25) is 0 Å². The molecule has 1 aliphatic rings. The lowest BCUT2D eigenvalue weighted by molar-refractivity contribution is -0.121. The van der Waals surface area contributed by atoms with Crippen LogP contribution in [0.15, 0.2) is 83.4 Å². The van der Waals surface area contributed by atoms with Crippen LogP contribution < -0.4 is 15.0 Å². The van der Waals surface area contributed by atoms with Crippen molar-refractivity contribution in [3.8, 4) is 5.75 Å². The first-order valence-electron chi connectivity index (χ1n) is 11.4. The topological polar surface area (TPSA) is 84.7 Å². The lowest BCUT2D eigenvalue weighted by Crippen LogP contribution is -2.38. The van der Waals surface area contributed by atoms with E-state index in [1.165, 1.54) is 0 Å². The van der Waals surface area contributed by atoms with Gasteiger partial charge in [0.25, 0.3) is 5.91 Å². The van der Waals surface area contributed by atoms with Crippen molar-refractivity contribution in [3.63, 3.8) is 0 Å². The Bertz CT molecular complexity index is 1310. The molecule has 0 saturated carbocycles. The molecule has 1 aliphatic heterocycles. The number of hydrogen-bond donors (Lipinski definition) is 1. The molecule has 7 heteroatoms. The smallest absolute Gasteiger partial charge is 0.265 e. The minimum absolute atomic E-state index is 0.0494. The quantitative estimate of drug-likeness (QED) is 0.432. The molecule has 35 heavy (non-hydrogen) atoms. The zero-order valence-corrected chi connectivity index (χ0v) is 19.5. The summed E-state index contributed by atoms with van der Waals surface area (Å²) in [5, 5.41) is 7.04. The molecule has 0 bridgehead atoms. The Kier molecular flexibility index (Phi) is 6.06. The highest BCUT2D eigenvalue weighted by atomic mass is 16.5. The van der Waals surface area contributed by atoms with Gasteiger partial charge in [-0.05, 0) is 43.2 Å². The SMILES string of the molecule is Cc1noc(C)c1CN1C(=O)COc2ccc(NC(=O)C(c3ccccc3)c3ccccc3)cc21. The molecular formula is C28H25N3O4. The van der Waals surface area contributed by atoms with Crippen LogP contribution in [0.25, 0.3) is 0 Å². The van der Waals surface area contributed by atoms with Gasteiger partial charge in [0, 0.05) is 11.3 Å². The molecule has 1 aromatic heterocycles. The van der Waals surface area contributed by atoms with Gasteiger partial charge in [0.15, 0.2) is 6.61 Å². The zero-order valence-electron chi connectivity index (χ0n) is 19.5. The summed E-state index contributed by atoms with van der Waals surface area (Å²) >= 11 is 0. The van der Waals surface area contributed by atoms with E-state index in [0.29, 0.717) is 29.4 Å². The van der Waals surface area contributed by atoms with E-state index in [-0.39, 0.29) is 18.4 Å². The van der Waals surface area contributed by atoms with Crippen LogP contribution in [0.1, 0.15) is 34.1 Å². The summed E-state index contributed by atoms with van der Waals surface area (Å²) in [5.41, 5.74) is 4.55. The van der Waals surface area contributed by atoms with Crippen LogP contribution in [0.5, 0.6) is 5.75 Å². The molecule has 0 unspecified atom stereocenters. The summed E-state index contributed by atoms with van der Waals surface area (Å²) in [7, 11) is 0. The maximum Gasteiger partial charge on any atom is 0.265 e. The number of amides is 2. The highest BCUT2D eigenvalue weighted by molar-refractivity contribution is 6.01. The standard InChI is InChI=1S/C28H25N3O4/c1-18-23(19(2)35-30-18)16-31-24-15-22(13-14-25(24)34-17-26(31)32)29-28(33)27(20-9-5-3-6-10-20)21-11-7-4-8-12-21/h3-15,27H,16-17H2,1-2H3,(H,29,33). The van der Waals surface area contributed by atoms with Gasteiger partial charge in [-0.2, -0.15) is 0 Å². The summed E-state index contributed by atoms with van der Waals surface area (Å²) in [6.45, 7) is 3.93. The predicted octanol–water partition coefficient (Wildman–Crippen LogP) is 4.99. The number of rotatable bonds is 6. The van der Waals surface area contributed by atoms with E-state index in [1.54, 1.807) is 23.1 Å². The Labute approximate surface area is 203 Å². The predicted molar refractivity (Wildman–Crippen MR) is 132 cm³/mol. The number of carbonyl (C=O) groups excluding carboxylic acids is 2. The molecule has 0 fully saturated rings. The first-order chi connectivity index (χ1) is 17.0. The molecule has 4 aromatic rings. The molecule has 3 aromatic carbocycles. The largest absolute Gasteiger partial charge is 0.482 e. The van der Waals surface area contributed by atoms with E-state index in [4.69, 9.17) is 9.26 Å². The van der Waals surface area contributed by atoms with Crippen LogP contribution in [0.3, 0.4) is 0 Å². The van der Waals surface area contributed by atoms with Gasteiger partial charge in [-0.25, -0.2) is 0 Å². The molecule has 2 heterocycles. The van der Waals surface area contributed by atoms with Crippen molar-refractivity contribution < 1.29 is 18.8 Å². The lowest BCUT2D eigenvalue weighted by atomic mass is 9.90. The molecule has 0 spiro atoms. The van der Waals surface area contributed by atoms with Crippen molar-refractivity contribution in [2.45, 2.75) is 26.3 Å². The molecule has 0 radical (unpaired) electrons. The van der Waals surface area contributed by atoms with E-state index in [9.17, 15) is 9.59 Å². The molecule has 7 nitrogen and oxygen atoms in total. The number of benzene rings is 3. The van der Waals surface area contributed by atoms with Gasteiger partial charge < -0.3 is 19.5 Å². The number of carbonyl (C=O) groups is 2. The highest BCUT2D eigenvalue weighted by Gasteiger charge is 2.29. The van der Waals surface area contributed by atoms with Crippen molar-refractivity contribution in [2.75, 3.05) is 16.8 Å². The second-order valence-corrected chi connectivity index (χ2v) is 8.50. The number of ether oxygens (including phenoxy) is 1. The fraction of sp³-hybridized carbons (Fsp3) is 0.179. The molecule has 2 amide bonds. The molecule has 0 saturated heterocycles. The fourth-order valence-electron chi connectivity index (χ4n) is 4.34. The zero-order chi connectivity index (χ0) is 24.4. The van der Waals surface area contributed by atoms with Crippen molar-refractivity contribution in [1.29, 1.82) is 0 Å². The first-order valence-corrected chi connectivity index (χ1v) is 11.4. The van der Waals surface area contributed by atoms with Crippen LogP contribution in [-0.4, -0.2) is 23.6 Å². The minimum Gasteiger partial charge on any atom is -0.482 e. The highest BCUT2D eigenvalue weighted by Crippen LogP contribution is 2.37. The average molecular weight is 468 g/mol. The first kappa shape index (κ1) is 22.4. The van der Waals surface area contributed by atoms with E-state index in [0.717, 1.165) is 22.4 Å². The Balaban J connectivity index is 1.46. The molecular weight excluding hydrogens is 442 g/mol. The van der Waals surface area contributed by atoms with Gasteiger partial charge in [-0.15, -0.1) is 0 Å². The number of nitrogens with one attached hydrogen (secondary N) is 1. The molecule has 0 atom stereocenters. The normalized spacial score (nSPS) is 12.9. The third-order valence-corrected chi connectivity index (χ3v) is 6.19. The second-order valence-electron chi connectivity index (χ2n) is 8.50. The van der Waals surface area contributed by atoms with Crippen molar-refractivity contribution in [1.82, 2.24) is 5.16 Å². The lowest BCUT2D eigenvalue weighted by Gasteiger charge is -2.30. The van der Waals surface area contributed by atoms with Gasteiger partial charge in [0.05, 0.1) is 23.8 Å². The van der Waals surface area contributed by atoms with Gasteiger partial charge >= 0.3 is 0 Å². The van der Waals surface area contributed by atoms with Crippen LogP contribution in [-0.2, 0) is 16.1 Å². The summed E-state index contributed by atoms with van der Waals surface area (Å²) < 4.78 is 10.9. The number of aromatic nitrogens is 1. The van der Waals surface area contributed by atoms with Crippen molar-refractivity contribution in [3.05, 3.63) is 107 Å². The maximum absolute atomic E-state index is 13.5. The Hall–Kier alpha value is -4.39. The van der Waals surface area contributed by atoms with Crippen molar-refractivity contribution >= 4 is 23.2 Å². The van der Waals surface area contributed by atoms with E-state index >= 15 is 0 Å². The number of hydrogen-bond acceptors (Lipinski definition) is 5. The average Bonchev–Trinajstić information content (AvgIpc) is 3.19.